The lowest BCUT2D eigenvalue weighted by atomic mass is 9.43. The van der Waals surface area contributed by atoms with Crippen molar-refractivity contribution in [1.29, 1.82) is 0 Å². The van der Waals surface area contributed by atoms with Gasteiger partial charge in [-0.3, -0.25) is 9.59 Å². The summed E-state index contributed by atoms with van der Waals surface area (Å²) in [4.78, 5) is 36.3. The van der Waals surface area contributed by atoms with E-state index in [0.717, 1.165) is 32.1 Å². The van der Waals surface area contributed by atoms with Gasteiger partial charge in [0.25, 0.3) is 0 Å². The molecule has 0 saturated heterocycles. The second kappa shape index (κ2) is 9.60. The van der Waals surface area contributed by atoms with Crippen LogP contribution in [0.5, 0.6) is 0 Å². The molecular formula is C32H48O6. The summed E-state index contributed by atoms with van der Waals surface area (Å²) in [5, 5.41) is 21.1. The van der Waals surface area contributed by atoms with E-state index in [1.54, 1.807) is 13.0 Å². The number of carboxylic acids is 1. The summed E-state index contributed by atoms with van der Waals surface area (Å²) in [6.45, 7) is 16.3. The fourth-order valence-corrected chi connectivity index (χ4v) is 9.56. The molecule has 0 aromatic heterocycles. The molecule has 2 fully saturated rings. The van der Waals surface area contributed by atoms with Crippen LogP contribution in [-0.2, 0) is 19.1 Å². The van der Waals surface area contributed by atoms with Crippen molar-refractivity contribution in [1.82, 2.24) is 0 Å². The number of aliphatic hydroxyl groups excluding tert-OH is 1. The Labute approximate surface area is 228 Å². The highest BCUT2D eigenvalue weighted by molar-refractivity contribution is 5.86. The number of hydrogen-bond acceptors (Lipinski definition) is 5. The lowest BCUT2D eigenvalue weighted by molar-refractivity contribution is -0.151. The van der Waals surface area contributed by atoms with E-state index in [1.807, 2.05) is 0 Å². The summed E-state index contributed by atoms with van der Waals surface area (Å²) in [6, 6.07) is 0. The summed E-state index contributed by atoms with van der Waals surface area (Å²) in [6.07, 6.45) is 7.07. The fraction of sp³-hybridized carbons (Fsp3) is 0.781. The number of fused-ring (bicyclic) bond motifs is 4. The Morgan fingerprint density at radius 1 is 1.08 bits per heavy atom. The van der Waals surface area contributed by atoms with E-state index in [1.165, 1.54) is 18.1 Å². The van der Waals surface area contributed by atoms with Crippen molar-refractivity contribution >= 4 is 17.7 Å². The van der Waals surface area contributed by atoms with Gasteiger partial charge in [0.2, 0.25) is 0 Å². The van der Waals surface area contributed by atoms with Crippen molar-refractivity contribution in [2.75, 3.05) is 0 Å². The van der Waals surface area contributed by atoms with E-state index in [4.69, 9.17) is 4.74 Å². The number of carbonyl (C=O) groups is 3. The van der Waals surface area contributed by atoms with Gasteiger partial charge < -0.3 is 14.9 Å². The van der Waals surface area contributed by atoms with E-state index in [2.05, 4.69) is 41.5 Å². The largest absolute Gasteiger partial charge is 0.478 e. The fourth-order valence-electron chi connectivity index (χ4n) is 9.56. The number of carboxylic acid groups (broad SMARTS) is 1. The molecule has 38 heavy (non-hydrogen) atoms. The minimum atomic E-state index is -0.961. The predicted octanol–water partition coefficient (Wildman–Crippen LogP) is 6.26. The molecule has 4 aliphatic carbocycles. The van der Waals surface area contributed by atoms with Crippen molar-refractivity contribution in [3.8, 4) is 0 Å². The van der Waals surface area contributed by atoms with Gasteiger partial charge in [0.1, 0.15) is 11.9 Å². The van der Waals surface area contributed by atoms with Crippen LogP contribution in [0.3, 0.4) is 0 Å². The van der Waals surface area contributed by atoms with Crippen LogP contribution in [0.1, 0.15) is 107 Å². The maximum atomic E-state index is 12.9. The van der Waals surface area contributed by atoms with Crippen LogP contribution in [0.4, 0.5) is 0 Å². The molecule has 2 saturated carbocycles. The van der Waals surface area contributed by atoms with E-state index in [9.17, 15) is 24.6 Å². The number of hydrogen-bond donors (Lipinski definition) is 2. The number of carbonyl (C=O) groups excluding carboxylic acids is 2. The first-order chi connectivity index (χ1) is 17.5. The van der Waals surface area contributed by atoms with E-state index < -0.39 is 23.6 Å². The third-order valence-electron chi connectivity index (χ3n) is 12.1. The second-order valence-electron chi connectivity index (χ2n) is 14.1. The summed E-state index contributed by atoms with van der Waals surface area (Å²) in [5.41, 5.74) is 2.14. The Morgan fingerprint density at radius 3 is 2.34 bits per heavy atom. The van der Waals surface area contributed by atoms with Crippen LogP contribution in [0.25, 0.3) is 0 Å². The first-order valence-corrected chi connectivity index (χ1v) is 14.5. The van der Waals surface area contributed by atoms with Gasteiger partial charge in [-0.1, -0.05) is 53.2 Å². The molecule has 0 heterocycles. The topological polar surface area (TPSA) is 101 Å². The Hall–Kier alpha value is -1.95. The van der Waals surface area contributed by atoms with Gasteiger partial charge in [0.05, 0.1) is 6.10 Å². The van der Waals surface area contributed by atoms with E-state index >= 15 is 0 Å². The summed E-state index contributed by atoms with van der Waals surface area (Å²) in [7, 11) is 0. The quantitative estimate of drug-likeness (QED) is 0.240. The van der Waals surface area contributed by atoms with Crippen LogP contribution in [0.15, 0.2) is 22.8 Å². The molecule has 0 aromatic carbocycles. The first-order valence-electron chi connectivity index (χ1n) is 14.5. The summed E-state index contributed by atoms with van der Waals surface area (Å²) < 4.78 is 5.79. The molecule has 0 aromatic rings. The number of aliphatic hydroxyl groups is 1. The Balaban J connectivity index is 1.71. The Kier molecular flexibility index (Phi) is 7.34. The van der Waals surface area contributed by atoms with Gasteiger partial charge in [0.15, 0.2) is 0 Å². The van der Waals surface area contributed by atoms with Crippen molar-refractivity contribution in [2.24, 2.45) is 39.4 Å². The van der Waals surface area contributed by atoms with Crippen LogP contribution in [-0.4, -0.2) is 40.1 Å². The normalized spacial score (nSPS) is 40.1. The van der Waals surface area contributed by atoms with Crippen LogP contribution < -0.4 is 0 Å². The molecule has 0 unspecified atom stereocenters. The average Bonchev–Trinajstić information content (AvgIpc) is 3.11. The zero-order chi connectivity index (χ0) is 28.4. The number of allylic oxidation sites excluding steroid dienone is 1. The van der Waals surface area contributed by atoms with Gasteiger partial charge in [-0.15, -0.1) is 0 Å². The highest BCUT2D eigenvalue weighted by Crippen LogP contribution is 2.72. The molecule has 0 bridgehead atoms. The number of aliphatic carboxylic acids is 1. The maximum Gasteiger partial charge on any atom is 0.330 e. The zero-order valence-electron chi connectivity index (χ0n) is 24.6. The Bertz CT molecular complexity index is 1080. The van der Waals surface area contributed by atoms with Crippen molar-refractivity contribution in [3.05, 3.63) is 22.8 Å². The van der Waals surface area contributed by atoms with E-state index in [0.29, 0.717) is 25.0 Å². The third-order valence-corrected chi connectivity index (χ3v) is 12.1. The highest BCUT2D eigenvalue weighted by Gasteiger charge is 2.65. The number of rotatable bonds is 6. The van der Waals surface area contributed by atoms with Gasteiger partial charge >= 0.3 is 11.9 Å². The van der Waals surface area contributed by atoms with Gasteiger partial charge in [0, 0.05) is 30.8 Å². The number of ether oxygens (including phenoxy) is 1. The van der Waals surface area contributed by atoms with Crippen molar-refractivity contribution in [3.63, 3.8) is 0 Å². The smallest absolute Gasteiger partial charge is 0.330 e. The van der Waals surface area contributed by atoms with Gasteiger partial charge in [-0.05, 0) is 85.0 Å². The maximum absolute atomic E-state index is 12.9. The average molecular weight is 529 g/mol. The van der Waals surface area contributed by atoms with Crippen LogP contribution in [0.2, 0.25) is 0 Å². The molecule has 0 spiro atoms. The summed E-state index contributed by atoms with van der Waals surface area (Å²) >= 11 is 0. The van der Waals surface area contributed by atoms with Crippen LogP contribution >= 0.6 is 0 Å². The minimum Gasteiger partial charge on any atom is -0.478 e. The van der Waals surface area contributed by atoms with Crippen molar-refractivity contribution < 1.29 is 29.3 Å². The molecule has 4 rings (SSSR count). The SMILES string of the molecule is CC(=O)O[C@@H](CC=C(C)C(=O)O)[C@@H](C)[C@H]1CC[C@@]2(C)C3=C(CC[C@]12C)[C@@]1(C)CCC(=O)C(C)(C)[C@@H]1C[C@H]3O. The predicted molar refractivity (Wildman–Crippen MR) is 146 cm³/mol. The number of esters is 1. The standard InChI is InChI=1S/C32H48O6/c1-18(28(36)37)9-10-24(38-20(3)33)19(2)21-11-16-32(8)27-22(12-15-31(21,32)7)30(6)14-13-26(35)29(4,5)25(30)17-23(27)34/h9,19,21,23-25,34H,10-17H2,1-8H3,(H,36,37)/t19-,21+,23+,24-,25-,30+,31+,32-/m0/s1. The first kappa shape index (κ1) is 29.0. The number of ketones is 1. The molecule has 6 nitrogen and oxygen atoms in total. The third kappa shape index (κ3) is 4.20. The molecule has 0 amide bonds. The lowest BCUT2D eigenvalue weighted by Crippen LogP contribution is -2.57. The van der Waals surface area contributed by atoms with Crippen molar-refractivity contribution in [2.45, 2.75) is 119 Å². The van der Waals surface area contributed by atoms with Gasteiger partial charge in [-0.2, -0.15) is 0 Å². The molecule has 212 valence electrons. The molecule has 0 radical (unpaired) electrons. The Morgan fingerprint density at radius 2 is 1.74 bits per heavy atom. The highest BCUT2D eigenvalue weighted by atomic mass is 16.5. The summed E-state index contributed by atoms with van der Waals surface area (Å²) in [5.74, 6) is -0.531. The minimum absolute atomic E-state index is 0.0426. The molecule has 6 heteroatoms. The lowest BCUT2D eigenvalue weighted by Gasteiger charge is -2.62. The van der Waals surface area contributed by atoms with Gasteiger partial charge in [-0.25, -0.2) is 4.79 Å². The molecular weight excluding hydrogens is 480 g/mol. The molecule has 4 aliphatic rings. The molecule has 8 atom stereocenters. The molecule has 0 aliphatic heterocycles. The van der Waals surface area contributed by atoms with Crippen LogP contribution in [0, 0.1) is 39.4 Å². The monoisotopic (exact) mass is 528 g/mol. The number of Topliss-reactive ketones (excluding diaryl/α,β-unsaturated/α-hetero) is 1. The second-order valence-corrected chi connectivity index (χ2v) is 14.1. The van der Waals surface area contributed by atoms with E-state index in [-0.39, 0.29) is 45.5 Å². The molecule has 2 N–H and O–H groups in total. The zero-order valence-corrected chi connectivity index (χ0v) is 24.6.